The van der Waals surface area contributed by atoms with Crippen LogP contribution in [0.3, 0.4) is 0 Å². The largest absolute Gasteiger partial charge is 0.477 e. The lowest BCUT2D eigenvalue weighted by atomic mass is 9.97. The lowest BCUT2D eigenvalue weighted by Gasteiger charge is -2.07. The van der Waals surface area contributed by atoms with Gasteiger partial charge in [-0.05, 0) is 35.4 Å². The number of rotatable bonds is 3. The minimum Gasteiger partial charge on any atom is -0.477 e. The van der Waals surface area contributed by atoms with Crippen molar-refractivity contribution in [3.63, 3.8) is 0 Å². The summed E-state index contributed by atoms with van der Waals surface area (Å²) in [6, 6.07) is 9.44. The molecule has 0 aliphatic heterocycles. The van der Waals surface area contributed by atoms with Crippen LogP contribution in [0.1, 0.15) is 10.5 Å². The minimum absolute atomic E-state index is 0.165. The molecule has 2 heterocycles. The molecule has 0 saturated carbocycles. The molecule has 0 atom stereocenters. The van der Waals surface area contributed by atoms with Gasteiger partial charge in [0.15, 0.2) is 0 Å². The molecule has 3 rings (SSSR count). The first-order valence-electron chi connectivity index (χ1n) is 6.67. The summed E-state index contributed by atoms with van der Waals surface area (Å²) in [7, 11) is 1.68. The average Bonchev–Trinajstić information content (AvgIpc) is 2.86. The summed E-state index contributed by atoms with van der Waals surface area (Å²) >= 11 is 0. The van der Waals surface area contributed by atoms with Crippen molar-refractivity contribution >= 4 is 5.97 Å². The van der Waals surface area contributed by atoms with Crippen LogP contribution >= 0.6 is 0 Å². The highest BCUT2D eigenvalue weighted by Gasteiger charge is 2.22. The zero-order valence-electron chi connectivity index (χ0n) is 11.8. The first kappa shape index (κ1) is 14.0. The second kappa shape index (κ2) is 5.44. The Bertz CT molecular complexity index is 824. The number of nitrogens with zero attached hydrogens (tertiary/aromatic N) is 2. The Labute approximate surface area is 126 Å². The predicted octanol–water partition coefficient (Wildman–Crippen LogP) is 3.59. The molecule has 110 valence electrons. The second-order valence-electron chi connectivity index (χ2n) is 4.93. The van der Waals surface area contributed by atoms with Gasteiger partial charge in [-0.15, -0.1) is 0 Å². The first-order valence-corrected chi connectivity index (χ1v) is 6.67. The van der Waals surface area contributed by atoms with Gasteiger partial charge in [0.1, 0.15) is 11.5 Å². The van der Waals surface area contributed by atoms with Crippen molar-refractivity contribution in [2.24, 2.45) is 7.05 Å². The van der Waals surface area contributed by atoms with E-state index in [9.17, 15) is 14.3 Å². The summed E-state index contributed by atoms with van der Waals surface area (Å²) in [4.78, 5) is 15.6. The number of aryl methyl sites for hydroxylation is 1. The maximum atomic E-state index is 13.2. The van der Waals surface area contributed by atoms with Crippen molar-refractivity contribution in [2.75, 3.05) is 0 Å². The maximum Gasteiger partial charge on any atom is 0.353 e. The first-order chi connectivity index (χ1) is 10.6. The molecule has 0 aliphatic rings. The highest BCUT2D eigenvalue weighted by Crippen LogP contribution is 2.36. The number of benzene rings is 1. The fourth-order valence-electron chi connectivity index (χ4n) is 2.54. The molecule has 0 fully saturated rings. The number of hydrogen-bond donors (Lipinski definition) is 1. The van der Waals surface area contributed by atoms with Crippen molar-refractivity contribution in [1.82, 2.24) is 9.55 Å². The number of carboxylic acid groups (broad SMARTS) is 1. The van der Waals surface area contributed by atoms with E-state index in [1.165, 1.54) is 12.1 Å². The summed E-state index contributed by atoms with van der Waals surface area (Å²) in [6.07, 6.45) is 5.06. The van der Waals surface area contributed by atoms with Gasteiger partial charge in [0.05, 0.1) is 0 Å². The third-order valence-electron chi connectivity index (χ3n) is 3.51. The molecule has 0 unspecified atom stereocenters. The van der Waals surface area contributed by atoms with Crippen LogP contribution in [0.2, 0.25) is 0 Å². The average molecular weight is 296 g/mol. The molecular weight excluding hydrogens is 283 g/mol. The molecule has 22 heavy (non-hydrogen) atoms. The SMILES string of the molecule is Cn1cc(-c2ccncc2)c(-c2ccc(F)cc2)c1C(=O)O. The van der Waals surface area contributed by atoms with E-state index in [0.29, 0.717) is 11.1 Å². The van der Waals surface area contributed by atoms with Gasteiger partial charge < -0.3 is 9.67 Å². The molecule has 1 aromatic carbocycles. The van der Waals surface area contributed by atoms with Crippen LogP contribution in [0.4, 0.5) is 4.39 Å². The number of hydrogen-bond acceptors (Lipinski definition) is 2. The Morgan fingerprint density at radius 1 is 1.09 bits per heavy atom. The Morgan fingerprint density at radius 2 is 1.73 bits per heavy atom. The van der Waals surface area contributed by atoms with Gasteiger partial charge in [0, 0.05) is 36.8 Å². The molecule has 0 bridgehead atoms. The predicted molar refractivity (Wildman–Crippen MR) is 81.0 cm³/mol. The number of aromatic nitrogens is 2. The smallest absolute Gasteiger partial charge is 0.353 e. The summed E-state index contributed by atoms with van der Waals surface area (Å²) in [5.74, 6) is -1.39. The highest BCUT2D eigenvalue weighted by atomic mass is 19.1. The third kappa shape index (κ3) is 2.37. The summed E-state index contributed by atoms with van der Waals surface area (Å²) in [6.45, 7) is 0. The van der Waals surface area contributed by atoms with E-state index in [1.54, 1.807) is 42.3 Å². The summed E-state index contributed by atoms with van der Waals surface area (Å²) in [5, 5.41) is 9.52. The minimum atomic E-state index is -1.03. The second-order valence-corrected chi connectivity index (χ2v) is 4.93. The van der Waals surface area contributed by atoms with Crippen molar-refractivity contribution < 1.29 is 14.3 Å². The molecule has 5 heteroatoms. The van der Waals surface area contributed by atoms with Crippen LogP contribution in [0.15, 0.2) is 55.0 Å². The molecule has 2 aromatic heterocycles. The molecular formula is C17H13FN2O2. The van der Waals surface area contributed by atoms with E-state index in [1.807, 2.05) is 12.1 Å². The van der Waals surface area contributed by atoms with Crippen LogP contribution in [0.25, 0.3) is 22.3 Å². The molecule has 0 spiro atoms. The van der Waals surface area contributed by atoms with E-state index in [4.69, 9.17) is 0 Å². The number of carboxylic acids is 1. The van der Waals surface area contributed by atoms with Crippen molar-refractivity contribution in [2.45, 2.75) is 0 Å². The maximum absolute atomic E-state index is 13.2. The number of carbonyl (C=O) groups is 1. The Kier molecular flexibility index (Phi) is 3.47. The molecule has 0 amide bonds. The van der Waals surface area contributed by atoms with Gasteiger partial charge in [-0.25, -0.2) is 9.18 Å². The molecule has 1 N–H and O–H groups in total. The highest BCUT2D eigenvalue weighted by molar-refractivity contribution is 6.00. The summed E-state index contributed by atoms with van der Waals surface area (Å²) in [5.41, 5.74) is 3.03. The number of halogens is 1. The molecule has 3 aromatic rings. The van der Waals surface area contributed by atoms with E-state index in [0.717, 1.165) is 11.1 Å². The van der Waals surface area contributed by atoms with E-state index < -0.39 is 5.97 Å². The van der Waals surface area contributed by atoms with Gasteiger partial charge in [-0.2, -0.15) is 0 Å². The topological polar surface area (TPSA) is 55.1 Å². The fourth-order valence-corrected chi connectivity index (χ4v) is 2.54. The number of pyridine rings is 1. The van der Waals surface area contributed by atoms with Crippen molar-refractivity contribution in [3.05, 3.63) is 66.5 Å². The third-order valence-corrected chi connectivity index (χ3v) is 3.51. The normalized spacial score (nSPS) is 10.6. The number of aromatic carboxylic acids is 1. The van der Waals surface area contributed by atoms with E-state index in [2.05, 4.69) is 4.98 Å². The van der Waals surface area contributed by atoms with Crippen molar-refractivity contribution in [3.8, 4) is 22.3 Å². The lowest BCUT2D eigenvalue weighted by molar-refractivity contribution is 0.0687. The standard InChI is InChI=1S/C17H13FN2O2/c1-20-10-14(11-6-8-19-9-7-11)15(16(20)17(21)22)12-2-4-13(18)5-3-12/h2-10H,1H3,(H,21,22). The van der Waals surface area contributed by atoms with Gasteiger partial charge in [0.2, 0.25) is 0 Å². The summed E-state index contributed by atoms with van der Waals surface area (Å²) < 4.78 is 14.7. The molecule has 0 radical (unpaired) electrons. The molecule has 0 saturated heterocycles. The Morgan fingerprint density at radius 3 is 2.32 bits per heavy atom. The van der Waals surface area contributed by atoms with Gasteiger partial charge in [-0.1, -0.05) is 12.1 Å². The fraction of sp³-hybridized carbons (Fsp3) is 0.0588. The van der Waals surface area contributed by atoms with Crippen LogP contribution in [-0.2, 0) is 7.05 Å². The monoisotopic (exact) mass is 296 g/mol. The molecule has 0 aliphatic carbocycles. The van der Waals surface area contributed by atoms with Gasteiger partial charge in [0.25, 0.3) is 0 Å². The van der Waals surface area contributed by atoms with Gasteiger partial charge in [-0.3, -0.25) is 4.98 Å². The lowest BCUT2D eigenvalue weighted by Crippen LogP contribution is -2.05. The van der Waals surface area contributed by atoms with E-state index in [-0.39, 0.29) is 11.5 Å². The molecule has 4 nitrogen and oxygen atoms in total. The zero-order valence-corrected chi connectivity index (χ0v) is 11.8. The van der Waals surface area contributed by atoms with E-state index >= 15 is 0 Å². The van der Waals surface area contributed by atoms with Crippen LogP contribution < -0.4 is 0 Å². The quantitative estimate of drug-likeness (QED) is 0.803. The Hall–Kier alpha value is -2.95. The van der Waals surface area contributed by atoms with Crippen LogP contribution in [0.5, 0.6) is 0 Å². The van der Waals surface area contributed by atoms with Crippen LogP contribution in [-0.4, -0.2) is 20.6 Å². The van der Waals surface area contributed by atoms with Crippen molar-refractivity contribution in [1.29, 1.82) is 0 Å². The Balaban J connectivity index is 2.30. The van der Waals surface area contributed by atoms with Crippen LogP contribution in [0, 0.1) is 5.82 Å². The zero-order chi connectivity index (χ0) is 15.7. The van der Waals surface area contributed by atoms with Gasteiger partial charge >= 0.3 is 5.97 Å².